The minimum absolute atomic E-state index is 1.18. The Kier molecular flexibility index (Phi) is 2.96. The lowest BCUT2D eigenvalue weighted by molar-refractivity contribution is 1.15. The zero-order valence-electron chi connectivity index (χ0n) is 8.26. The smallest absolute Gasteiger partial charge is 0.0494 e. The lowest BCUT2D eigenvalue weighted by Crippen LogP contribution is -1.89. The molecule has 0 saturated carbocycles. The van der Waals surface area contributed by atoms with Gasteiger partial charge < -0.3 is 0 Å². The van der Waals surface area contributed by atoms with Gasteiger partial charge in [-0.1, -0.05) is 12.1 Å². The van der Waals surface area contributed by atoms with E-state index in [1.54, 1.807) is 0 Å². The highest BCUT2D eigenvalue weighted by molar-refractivity contribution is 5.59. The molecule has 0 aliphatic rings. The Morgan fingerprint density at radius 3 is 2.38 bits per heavy atom. The monoisotopic (exact) mass is 174 g/mol. The van der Waals surface area contributed by atoms with Crippen LogP contribution in [0.25, 0.3) is 6.08 Å². The quantitative estimate of drug-likeness (QED) is 0.665. The predicted molar refractivity (Wildman–Crippen MR) is 54.8 cm³/mol. The van der Waals surface area contributed by atoms with Gasteiger partial charge >= 0.3 is 0 Å². The molecule has 0 aromatic heterocycles. The Morgan fingerprint density at radius 1 is 1.15 bits per heavy atom. The molecule has 68 valence electrons. The van der Waals surface area contributed by atoms with Crippen molar-refractivity contribution < 1.29 is 0 Å². The Hall–Kier alpha value is -1.44. The third-order valence-corrected chi connectivity index (χ3v) is 2.32. The van der Waals surface area contributed by atoms with E-state index in [0.29, 0.717) is 0 Å². The van der Waals surface area contributed by atoms with E-state index in [-0.39, 0.29) is 0 Å². The number of nitrogens with one attached hydrogen (secondary N) is 1. The van der Waals surface area contributed by atoms with E-state index < -0.39 is 0 Å². The fourth-order valence-corrected chi connectivity index (χ4v) is 1.34. The molecule has 0 saturated heterocycles. The summed E-state index contributed by atoms with van der Waals surface area (Å²) in [7, 11) is 0. The van der Waals surface area contributed by atoms with Crippen molar-refractivity contribution in [2.24, 2.45) is 5.11 Å². The van der Waals surface area contributed by atoms with Crippen LogP contribution in [0.1, 0.15) is 22.3 Å². The fourth-order valence-electron chi connectivity index (χ4n) is 1.34. The van der Waals surface area contributed by atoms with E-state index in [1.165, 1.54) is 28.5 Å². The van der Waals surface area contributed by atoms with Crippen LogP contribution >= 0.6 is 0 Å². The molecule has 13 heavy (non-hydrogen) atoms. The molecule has 0 fully saturated rings. The maximum atomic E-state index is 6.68. The van der Waals surface area contributed by atoms with E-state index in [4.69, 9.17) is 5.53 Å². The summed E-state index contributed by atoms with van der Waals surface area (Å²) in [6.45, 7) is 6.24. The van der Waals surface area contributed by atoms with Crippen LogP contribution in [0.5, 0.6) is 0 Å². The number of rotatable bonds is 2. The van der Waals surface area contributed by atoms with Crippen LogP contribution in [0.4, 0.5) is 0 Å². The number of aryl methyl sites for hydroxylation is 2. The lowest BCUT2D eigenvalue weighted by Gasteiger charge is -2.07. The van der Waals surface area contributed by atoms with Crippen LogP contribution in [-0.2, 0) is 0 Å². The predicted octanol–water partition coefficient (Wildman–Crippen LogP) is 3.61. The first-order valence-electron chi connectivity index (χ1n) is 4.26. The molecule has 1 aromatic carbocycles. The van der Waals surface area contributed by atoms with Crippen LogP contribution in [0.2, 0.25) is 0 Å². The number of hydrogen-bond donors (Lipinski definition) is 1. The molecule has 0 aliphatic heterocycles. The van der Waals surface area contributed by atoms with Crippen molar-refractivity contribution >= 4 is 6.08 Å². The van der Waals surface area contributed by atoms with Crippen molar-refractivity contribution in [3.8, 4) is 0 Å². The SMILES string of the molecule is Cc1ccc(C)c(/C=C\N=N)c1C. The summed E-state index contributed by atoms with van der Waals surface area (Å²) in [6.07, 6.45) is 3.39. The second-order valence-corrected chi connectivity index (χ2v) is 3.18. The third kappa shape index (κ3) is 2.02. The number of hydrogen-bond acceptors (Lipinski definition) is 2. The molecular weight excluding hydrogens is 160 g/mol. The first-order chi connectivity index (χ1) is 6.16. The van der Waals surface area contributed by atoms with Crippen LogP contribution in [0, 0.1) is 26.3 Å². The summed E-state index contributed by atoms with van der Waals surface area (Å²) in [6, 6.07) is 4.20. The van der Waals surface area contributed by atoms with E-state index in [2.05, 4.69) is 38.0 Å². The molecule has 0 heterocycles. The molecule has 2 nitrogen and oxygen atoms in total. The molecule has 0 amide bonds. The summed E-state index contributed by atoms with van der Waals surface area (Å²) >= 11 is 0. The summed E-state index contributed by atoms with van der Waals surface area (Å²) in [5, 5.41) is 3.21. The maximum Gasteiger partial charge on any atom is 0.0494 e. The van der Waals surface area contributed by atoms with Crippen LogP contribution in [0.3, 0.4) is 0 Å². The maximum absolute atomic E-state index is 6.68. The van der Waals surface area contributed by atoms with E-state index in [0.717, 1.165) is 0 Å². The van der Waals surface area contributed by atoms with Crippen LogP contribution < -0.4 is 0 Å². The van der Waals surface area contributed by atoms with Crippen molar-refractivity contribution in [2.45, 2.75) is 20.8 Å². The number of benzene rings is 1. The highest BCUT2D eigenvalue weighted by atomic mass is 14.9. The van der Waals surface area contributed by atoms with E-state index >= 15 is 0 Å². The van der Waals surface area contributed by atoms with Gasteiger partial charge in [-0.3, -0.25) is 0 Å². The standard InChI is InChI=1S/C11H14N2/c1-8-4-5-9(2)11(10(8)3)6-7-13-12/h4-7,12H,1-3H3/b7-6-,13-12?. The molecular formula is C11H14N2. The van der Waals surface area contributed by atoms with Crippen molar-refractivity contribution in [3.63, 3.8) is 0 Å². The first kappa shape index (κ1) is 9.65. The van der Waals surface area contributed by atoms with Gasteiger partial charge in [0.25, 0.3) is 0 Å². The Bertz CT molecular complexity index is 351. The van der Waals surface area contributed by atoms with E-state index in [9.17, 15) is 0 Å². The largest absolute Gasteiger partial charge is 0.205 e. The first-order valence-corrected chi connectivity index (χ1v) is 4.26. The fraction of sp³-hybridized carbons (Fsp3) is 0.273. The molecule has 1 N–H and O–H groups in total. The van der Waals surface area contributed by atoms with Gasteiger partial charge in [0.05, 0.1) is 0 Å². The van der Waals surface area contributed by atoms with Gasteiger partial charge in [-0.05, 0) is 49.1 Å². The minimum Gasteiger partial charge on any atom is -0.205 e. The molecule has 1 aromatic rings. The molecule has 1 rings (SSSR count). The topological polar surface area (TPSA) is 36.2 Å². The van der Waals surface area contributed by atoms with Crippen molar-refractivity contribution in [1.29, 1.82) is 5.53 Å². The van der Waals surface area contributed by atoms with Crippen LogP contribution in [0.15, 0.2) is 23.4 Å². The summed E-state index contributed by atoms with van der Waals surface area (Å²) < 4.78 is 0. The molecule has 0 spiro atoms. The summed E-state index contributed by atoms with van der Waals surface area (Å²) in [4.78, 5) is 0. The molecule has 0 atom stereocenters. The molecule has 0 unspecified atom stereocenters. The van der Waals surface area contributed by atoms with Crippen molar-refractivity contribution in [1.82, 2.24) is 0 Å². The van der Waals surface area contributed by atoms with Gasteiger partial charge in [-0.15, -0.1) is 0 Å². The third-order valence-electron chi connectivity index (χ3n) is 2.32. The van der Waals surface area contributed by atoms with Gasteiger partial charge in [0.15, 0.2) is 0 Å². The van der Waals surface area contributed by atoms with Gasteiger partial charge in [0.2, 0.25) is 0 Å². The van der Waals surface area contributed by atoms with Crippen molar-refractivity contribution in [2.75, 3.05) is 0 Å². The van der Waals surface area contributed by atoms with Gasteiger partial charge in [-0.25, -0.2) is 5.53 Å². The normalized spacial score (nSPS) is 10.7. The Morgan fingerprint density at radius 2 is 1.77 bits per heavy atom. The number of nitrogens with zero attached hydrogens (tertiary/aromatic N) is 1. The second-order valence-electron chi connectivity index (χ2n) is 3.18. The molecule has 2 heteroatoms. The molecule has 0 aliphatic carbocycles. The Labute approximate surface area is 78.8 Å². The van der Waals surface area contributed by atoms with Gasteiger partial charge in [0.1, 0.15) is 0 Å². The van der Waals surface area contributed by atoms with Crippen LogP contribution in [-0.4, -0.2) is 0 Å². The van der Waals surface area contributed by atoms with Gasteiger partial charge in [0, 0.05) is 6.20 Å². The average molecular weight is 174 g/mol. The lowest BCUT2D eigenvalue weighted by atomic mass is 9.98. The highest BCUT2D eigenvalue weighted by Crippen LogP contribution is 2.18. The zero-order valence-corrected chi connectivity index (χ0v) is 8.26. The second kappa shape index (κ2) is 3.99. The average Bonchev–Trinajstić information content (AvgIpc) is 2.12. The minimum atomic E-state index is 1.18. The zero-order chi connectivity index (χ0) is 9.84. The highest BCUT2D eigenvalue weighted by Gasteiger charge is 2.00. The molecule has 0 radical (unpaired) electrons. The summed E-state index contributed by atoms with van der Waals surface area (Å²) in [5.41, 5.74) is 11.6. The van der Waals surface area contributed by atoms with Gasteiger partial charge in [-0.2, -0.15) is 5.11 Å². The molecule has 0 bridgehead atoms. The van der Waals surface area contributed by atoms with Crippen molar-refractivity contribution in [3.05, 3.63) is 40.6 Å². The summed E-state index contributed by atoms with van der Waals surface area (Å²) in [5.74, 6) is 0. The Balaban J connectivity index is 3.25. The van der Waals surface area contributed by atoms with E-state index in [1.807, 2.05) is 6.08 Å².